The van der Waals surface area contributed by atoms with E-state index < -0.39 is 10.0 Å². The van der Waals surface area contributed by atoms with Crippen LogP contribution in [0, 0.1) is 24.2 Å². The van der Waals surface area contributed by atoms with E-state index in [4.69, 9.17) is 21.7 Å². The summed E-state index contributed by atoms with van der Waals surface area (Å²) in [4.78, 5) is 0.289. The van der Waals surface area contributed by atoms with Gasteiger partial charge < -0.3 is 9.47 Å². The molecule has 0 bridgehead atoms. The maximum absolute atomic E-state index is 13.9. The number of nitrogens with zero attached hydrogens (tertiary/aromatic N) is 1. The molecule has 0 amide bonds. The third-order valence-corrected chi connectivity index (χ3v) is 9.49. The lowest BCUT2D eigenvalue weighted by Gasteiger charge is -2.27. The zero-order chi connectivity index (χ0) is 29.7. The number of hydrogen-bond acceptors (Lipinski definition) is 6. The number of sulfonamides is 1. The van der Waals surface area contributed by atoms with Crippen LogP contribution in [0.25, 0.3) is 0 Å². The second-order valence-electron chi connectivity index (χ2n) is 11.5. The van der Waals surface area contributed by atoms with Crippen molar-refractivity contribution >= 4 is 38.4 Å². The van der Waals surface area contributed by atoms with E-state index in [0.717, 1.165) is 42.4 Å². The second-order valence-corrected chi connectivity index (χ2v) is 15.3. The van der Waals surface area contributed by atoms with Gasteiger partial charge in [0.2, 0.25) is 14.4 Å². The highest BCUT2D eigenvalue weighted by Crippen LogP contribution is 2.26. The van der Waals surface area contributed by atoms with Crippen molar-refractivity contribution in [2.24, 2.45) is 5.41 Å². The van der Waals surface area contributed by atoms with Gasteiger partial charge in [-0.2, -0.15) is 4.31 Å². The molecule has 0 saturated carbocycles. The zero-order valence-corrected chi connectivity index (χ0v) is 27.2. The second kappa shape index (κ2) is 16.5. The van der Waals surface area contributed by atoms with Gasteiger partial charge in [0.25, 0.3) is 0 Å². The Morgan fingerprint density at radius 1 is 1.10 bits per heavy atom. The smallest absolute Gasteiger partial charge is 0.243 e. The zero-order valence-electron chi connectivity index (χ0n) is 24.7. The van der Waals surface area contributed by atoms with Gasteiger partial charge in [0.1, 0.15) is 0 Å². The molecule has 2 aromatic carbocycles. The molecule has 0 aliphatic heterocycles. The van der Waals surface area contributed by atoms with Gasteiger partial charge in [-0.25, -0.2) is 8.42 Å². The summed E-state index contributed by atoms with van der Waals surface area (Å²) in [5.74, 6) is 6.50. The van der Waals surface area contributed by atoms with Gasteiger partial charge in [0.15, 0.2) is 0 Å². The largest absolute Gasteiger partial charge is 0.478 e. The number of thioether (sulfide) groups is 1. The Morgan fingerprint density at radius 2 is 1.83 bits per heavy atom. The average molecular weight is 614 g/mol. The highest BCUT2D eigenvalue weighted by molar-refractivity contribution is 8.23. The van der Waals surface area contributed by atoms with Crippen LogP contribution in [0.1, 0.15) is 64.0 Å². The predicted molar refractivity (Wildman–Crippen MR) is 174 cm³/mol. The maximum Gasteiger partial charge on any atom is 0.243 e. The van der Waals surface area contributed by atoms with Crippen molar-refractivity contribution in [1.29, 1.82) is 0 Å². The van der Waals surface area contributed by atoms with Crippen LogP contribution < -0.4 is 0 Å². The van der Waals surface area contributed by atoms with E-state index in [-0.39, 0.29) is 22.1 Å². The molecular formula is C33H43NO4S3. The van der Waals surface area contributed by atoms with Crippen LogP contribution in [0.5, 0.6) is 0 Å². The molecule has 0 fully saturated rings. The Balaban J connectivity index is 1.77. The molecule has 0 radical (unpaired) electrons. The first-order chi connectivity index (χ1) is 19.5. The summed E-state index contributed by atoms with van der Waals surface area (Å²) in [6, 6.07) is 17.1. The van der Waals surface area contributed by atoms with Crippen molar-refractivity contribution in [2.45, 2.75) is 76.6 Å². The molecular weight excluding hydrogens is 571 g/mol. The molecule has 0 saturated heterocycles. The number of hydrogen-bond donors (Lipinski definition) is 0. The van der Waals surface area contributed by atoms with Crippen molar-refractivity contribution in [2.75, 3.05) is 26.3 Å². The van der Waals surface area contributed by atoms with Gasteiger partial charge in [-0.15, -0.1) is 0 Å². The fraction of sp³-hybridized carbons (Fsp3) is 0.485. The molecule has 1 aliphatic carbocycles. The maximum atomic E-state index is 13.9. The molecule has 1 unspecified atom stereocenters. The van der Waals surface area contributed by atoms with Crippen LogP contribution in [-0.4, -0.2) is 48.7 Å². The molecule has 0 aromatic heterocycles. The summed E-state index contributed by atoms with van der Waals surface area (Å²) in [5, 5.41) is -0.388. The lowest BCUT2D eigenvalue weighted by Crippen LogP contribution is -2.38. The number of ether oxygens (including phenoxy) is 2. The summed E-state index contributed by atoms with van der Waals surface area (Å²) in [6.07, 6.45) is 6.85. The van der Waals surface area contributed by atoms with Crippen LogP contribution in [0.15, 0.2) is 71.1 Å². The quantitative estimate of drug-likeness (QED) is 0.107. The SMILES string of the molecule is Cc1ccc(S(=O)(=O)N(CC2=CCCCC2)CC(C#CCCOCc2ccccc2)SC(=S)OCC(C)(C)C)cc1. The number of thiocarbonyl (C=S) groups is 1. The van der Waals surface area contributed by atoms with E-state index in [9.17, 15) is 8.42 Å². The Bertz CT molecular complexity index is 1300. The molecule has 5 nitrogen and oxygen atoms in total. The van der Waals surface area contributed by atoms with Crippen LogP contribution in [-0.2, 0) is 26.1 Å². The summed E-state index contributed by atoms with van der Waals surface area (Å²) >= 11 is 6.88. The number of benzene rings is 2. The molecule has 3 rings (SSSR count). The van der Waals surface area contributed by atoms with Crippen LogP contribution in [0.2, 0.25) is 0 Å². The standard InChI is InChI=1S/C33H43NO4S3/c1-27-18-20-31(21-19-27)41(35,36)34(23-28-13-7-5-8-14-28)24-30(40-32(39)38-26-33(2,3)4)17-11-12-22-37-25-29-15-9-6-10-16-29/h6,9-10,13,15-16,18-21,30H,5,7-8,12,14,22-26H2,1-4H3. The van der Waals surface area contributed by atoms with Crippen molar-refractivity contribution in [1.82, 2.24) is 4.31 Å². The average Bonchev–Trinajstić information content (AvgIpc) is 2.94. The molecule has 0 heterocycles. The van der Waals surface area contributed by atoms with Crippen molar-refractivity contribution in [3.63, 3.8) is 0 Å². The summed E-state index contributed by atoms with van der Waals surface area (Å²) in [7, 11) is -3.75. The normalized spacial score (nSPS) is 14.6. The van der Waals surface area contributed by atoms with Crippen LogP contribution in [0.4, 0.5) is 0 Å². The van der Waals surface area contributed by atoms with Crippen molar-refractivity contribution < 1.29 is 17.9 Å². The van der Waals surface area contributed by atoms with Gasteiger partial charge in [-0.1, -0.05) is 104 Å². The van der Waals surface area contributed by atoms with E-state index in [1.165, 1.54) is 11.8 Å². The van der Waals surface area contributed by atoms with Gasteiger partial charge in [-0.05, 0) is 67.9 Å². The Morgan fingerprint density at radius 3 is 2.49 bits per heavy atom. The fourth-order valence-electron chi connectivity index (χ4n) is 4.18. The first-order valence-corrected chi connectivity index (χ1v) is 16.9. The van der Waals surface area contributed by atoms with E-state index in [0.29, 0.717) is 37.2 Å². The number of rotatable bonds is 12. The molecule has 0 N–H and O–H groups in total. The van der Waals surface area contributed by atoms with Crippen molar-refractivity contribution in [3.05, 3.63) is 77.4 Å². The molecule has 222 valence electrons. The summed E-state index contributed by atoms with van der Waals surface area (Å²) < 4.78 is 41.4. The lowest BCUT2D eigenvalue weighted by atomic mass is 9.99. The Labute approximate surface area is 257 Å². The first kappa shape index (κ1) is 33.4. The van der Waals surface area contributed by atoms with E-state index in [1.807, 2.05) is 49.4 Å². The Kier molecular flexibility index (Phi) is 13.4. The molecule has 1 atom stereocenters. The van der Waals surface area contributed by atoms with E-state index >= 15 is 0 Å². The molecule has 0 spiro atoms. The highest BCUT2D eigenvalue weighted by atomic mass is 32.2. The van der Waals surface area contributed by atoms with Crippen molar-refractivity contribution in [3.8, 4) is 11.8 Å². The monoisotopic (exact) mass is 613 g/mol. The van der Waals surface area contributed by atoms with E-state index in [2.05, 4.69) is 38.7 Å². The molecule has 1 aliphatic rings. The number of allylic oxidation sites excluding steroid dienone is 1. The molecule has 41 heavy (non-hydrogen) atoms. The fourth-order valence-corrected chi connectivity index (χ4v) is 6.90. The van der Waals surface area contributed by atoms with Crippen LogP contribution >= 0.6 is 24.0 Å². The van der Waals surface area contributed by atoms with E-state index in [1.54, 1.807) is 16.4 Å². The van der Waals surface area contributed by atoms with Gasteiger partial charge in [0, 0.05) is 19.5 Å². The third-order valence-electron chi connectivity index (χ3n) is 6.40. The molecule has 2 aromatic rings. The first-order valence-electron chi connectivity index (χ1n) is 14.2. The summed E-state index contributed by atoms with van der Waals surface area (Å²) in [5.41, 5.74) is 3.24. The van der Waals surface area contributed by atoms with Crippen LogP contribution in [0.3, 0.4) is 0 Å². The van der Waals surface area contributed by atoms with Gasteiger partial charge >= 0.3 is 0 Å². The number of aryl methyl sites for hydroxylation is 1. The minimum absolute atomic E-state index is 0.0455. The molecule has 8 heteroatoms. The predicted octanol–water partition coefficient (Wildman–Crippen LogP) is 7.55. The van der Waals surface area contributed by atoms with Gasteiger partial charge in [-0.3, -0.25) is 0 Å². The lowest BCUT2D eigenvalue weighted by molar-refractivity contribution is 0.126. The topological polar surface area (TPSA) is 55.8 Å². The third kappa shape index (κ3) is 12.3. The Hall–Kier alpha value is -2.15. The minimum atomic E-state index is -3.75. The summed E-state index contributed by atoms with van der Waals surface area (Å²) in [6.45, 7) is 10.3. The minimum Gasteiger partial charge on any atom is -0.478 e. The van der Waals surface area contributed by atoms with Gasteiger partial charge in [0.05, 0.1) is 30.0 Å². The highest BCUT2D eigenvalue weighted by Gasteiger charge is 2.29.